The van der Waals surface area contributed by atoms with E-state index in [2.05, 4.69) is 21.4 Å². The highest BCUT2D eigenvalue weighted by molar-refractivity contribution is 6.30. The molecule has 5 heteroatoms. The Balaban J connectivity index is 2.15. The van der Waals surface area contributed by atoms with Crippen molar-refractivity contribution in [3.63, 3.8) is 0 Å². The topological polar surface area (TPSA) is 64.5 Å². The van der Waals surface area contributed by atoms with Crippen LogP contribution in [0.15, 0.2) is 30.6 Å². The summed E-state index contributed by atoms with van der Waals surface area (Å²) in [7, 11) is 0. The summed E-state index contributed by atoms with van der Waals surface area (Å²) in [6.07, 6.45) is 3.43. The smallest absolute Gasteiger partial charge is 0.125 e. The second-order valence-electron chi connectivity index (χ2n) is 3.19. The lowest BCUT2D eigenvalue weighted by molar-refractivity contribution is 0.999. The second-order valence-corrected chi connectivity index (χ2v) is 3.63. The number of anilines is 1. The van der Waals surface area contributed by atoms with E-state index in [9.17, 15) is 0 Å². The molecule has 2 aromatic rings. The second kappa shape index (κ2) is 4.69. The van der Waals surface area contributed by atoms with Gasteiger partial charge in [0.05, 0.1) is 17.8 Å². The van der Waals surface area contributed by atoms with E-state index in [4.69, 9.17) is 16.9 Å². The molecule has 0 atom stereocenters. The number of nitriles is 1. The molecule has 0 fully saturated rings. The van der Waals surface area contributed by atoms with Gasteiger partial charge in [-0.2, -0.15) is 5.26 Å². The van der Waals surface area contributed by atoms with Crippen molar-refractivity contribution < 1.29 is 0 Å². The molecule has 0 aliphatic carbocycles. The van der Waals surface area contributed by atoms with E-state index in [1.807, 2.05) is 0 Å². The standard InChI is InChI=1S/C11H9ClN4/c12-9-2-1-8(6-13)10(5-9)16-7-11-14-3-4-15-11/h1-5,16H,7H2,(H,14,15). The number of nitrogens with one attached hydrogen (secondary N) is 2. The molecule has 0 aliphatic heterocycles. The number of aromatic nitrogens is 2. The summed E-state index contributed by atoms with van der Waals surface area (Å²) in [5, 5.41) is 12.6. The Kier molecular flexibility index (Phi) is 3.08. The molecule has 0 amide bonds. The maximum absolute atomic E-state index is 8.91. The Morgan fingerprint density at radius 1 is 1.50 bits per heavy atom. The largest absolute Gasteiger partial charge is 0.377 e. The maximum atomic E-state index is 8.91. The van der Waals surface area contributed by atoms with Crippen LogP contribution in [-0.4, -0.2) is 9.97 Å². The number of hydrogen-bond acceptors (Lipinski definition) is 3. The van der Waals surface area contributed by atoms with Gasteiger partial charge in [0, 0.05) is 17.4 Å². The molecule has 2 rings (SSSR count). The number of imidazole rings is 1. The predicted octanol–water partition coefficient (Wildman–Crippen LogP) is 2.55. The van der Waals surface area contributed by atoms with Crippen molar-refractivity contribution >= 4 is 17.3 Å². The van der Waals surface area contributed by atoms with Crippen LogP contribution in [0.4, 0.5) is 5.69 Å². The minimum absolute atomic E-state index is 0.530. The van der Waals surface area contributed by atoms with E-state index in [0.717, 1.165) is 5.82 Å². The number of hydrogen-bond donors (Lipinski definition) is 2. The van der Waals surface area contributed by atoms with E-state index < -0.39 is 0 Å². The van der Waals surface area contributed by atoms with E-state index in [0.29, 0.717) is 22.8 Å². The molecule has 0 bridgehead atoms. The van der Waals surface area contributed by atoms with Crippen molar-refractivity contribution in [1.82, 2.24) is 9.97 Å². The van der Waals surface area contributed by atoms with Crippen LogP contribution in [-0.2, 0) is 6.54 Å². The van der Waals surface area contributed by atoms with Crippen LogP contribution >= 0.6 is 11.6 Å². The molecule has 0 spiro atoms. The first-order chi connectivity index (χ1) is 7.79. The predicted molar refractivity (Wildman–Crippen MR) is 62.1 cm³/mol. The summed E-state index contributed by atoms with van der Waals surface area (Å²) in [5.74, 6) is 0.809. The molecule has 0 radical (unpaired) electrons. The monoisotopic (exact) mass is 232 g/mol. The van der Waals surface area contributed by atoms with Crippen molar-refractivity contribution in [1.29, 1.82) is 5.26 Å². The van der Waals surface area contributed by atoms with Crippen LogP contribution in [0.1, 0.15) is 11.4 Å². The zero-order valence-corrected chi connectivity index (χ0v) is 9.12. The average Bonchev–Trinajstić information content (AvgIpc) is 2.79. The van der Waals surface area contributed by atoms with Gasteiger partial charge in [-0.25, -0.2) is 4.98 Å². The Morgan fingerprint density at radius 2 is 2.38 bits per heavy atom. The lowest BCUT2D eigenvalue weighted by Crippen LogP contribution is -2.02. The average molecular weight is 233 g/mol. The van der Waals surface area contributed by atoms with Crippen LogP contribution in [0.3, 0.4) is 0 Å². The zero-order chi connectivity index (χ0) is 11.4. The molecule has 1 aromatic carbocycles. The molecule has 80 valence electrons. The first-order valence-electron chi connectivity index (χ1n) is 4.71. The lowest BCUT2D eigenvalue weighted by Gasteiger charge is -2.06. The van der Waals surface area contributed by atoms with Gasteiger partial charge in [0.1, 0.15) is 11.9 Å². The SMILES string of the molecule is N#Cc1ccc(Cl)cc1NCc1ncc[nH]1. The molecule has 1 heterocycles. The normalized spacial score (nSPS) is 9.75. The van der Waals surface area contributed by atoms with Crippen molar-refractivity contribution in [3.8, 4) is 6.07 Å². The number of rotatable bonds is 3. The molecular formula is C11H9ClN4. The van der Waals surface area contributed by atoms with Gasteiger partial charge in [0.15, 0.2) is 0 Å². The third kappa shape index (κ3) is 2.33. The summed E-state index contributed by atoms with van der Waals surface area (Å²) >= 11 is 5.86. The van der Waals surface area contributed by atoms with Gasteiger partial charge >= 0.3 is 0 Å². The first kappa shape index (κ1) is 10.5. The summed E-state index contributed by atoms with van der Waals surface area (Å²) in [6.45, 7) is 0.530. The highest BCUT2D eigenvalue weighted by Gasteiger charge is 2.03. The van der Waals surface area contributed by atoms with Crippen LogP contribution in [0.5, 0.6) is 0 Å². The lowest BCUT2D eigenvalue weighted by atomic mass is 10.2. The number of aromatic amines is 1. The molecule has 4 nitrogen and oxygen atoms in total. The maximum Gasteiger partial charge on any atom is 0.125 e. The van der Waals surface area contributed by atoms with Crippen molar-refractivity contribution in [2.75, 3.05) is 5.32 Å². The quantitative estimate of drug-likeness (QED) is 0.855. The highest BCUT2D eigenvalue weighted by atomic mass is 35.5. The summed E-state index contributed by atoms with van der Waals surface area (Å²) in [4.78, 5) is 7.05. The third-order valence-corrected chi connectivity index (χ3v) is 2.34. The molecule has 0 saturated heterocycles. The fourth-order valence-electron chi connectivity index (χ4n) is 1.33. The summed E-state index contributed by atoms with van der Waals surface area (Å²) < 4.78 is 0. The Hall–Kier alpha value is -1.99. The van der Waals surface area contributed by atoms with Crippen LogP contribution in [0, 0.1) is 11.3 Å². The molecule has 1 aromatic heterocycles. The van der Waals surface area contributed by atoms with Crippen LogP contribution < -0.4 is 5.32 Å². The fraction of sp³-hybridized carbons (Fsp3) is 0.0909. The number of halogens is 1. The summed E-state index contributed by atoms with van der Waals surface area (Å²) in [6, 6.07) is 7.21. The Bertz CT molecular complexity index is 513. The number of nitrogens with zero attached hydrogens (tertiary/aromatic N) is 2. The number of H-pyrrole nitrogens is 1. The van der Waals surface area contributed by atoms with E-state index in [1.165, 1.54) is 0 Å². The molecule has 16 heavy (non-hydrogen) atoms. The van der Waals surface area contributed by atoms with Crippen LogP contribution in [0.25, 0.3) is 0 Å². The molecule has 2 N–H and O–H groups in total. The zero-order valence-electron chi connectivity index (χ0n) is 8.37. The first-order valence-corrected chi connectivity index (χ1v) is 5.09. The van der Waals surface area contributed by atoms with Crippen molar-refractivity contribution in [2.24, 2.45) is 0 Å². The van der Waals surface area contributed by atoms with Gasteiger partial charge in [-0.05, 0) is 18.2 Å². The van der Waals surface area contributed by atoms with Gasteiger partial charge in [-0.15, -0.1) is 0 Å². The van der Waals surface area contributed by atoms with Gasteiger partial charge in [-0.3, -0.25) is 0 Å². The molecule has 0 aliphatic rings. The molecule has 0 unspecified atom stereocenters. The summed E-state index contributed by atoms with van der Waals surface area (Å²) in [5.41, 5.74) is 1.28. The number of benzene rings is 1. The van der Waals surface area contributed by atoms with Crippen LogP contribution in [0.2, 0.25) is 5.02 Å². The Morgan fingerprint density at radius 3 is 3.06 bits per heavy atom. The molecular weight excluding hydrogens is 224 g/mol. The van der Waals surface area contributed by atoms with Gasteiger partial charge in [-0.1, -0.05) is 11.6 Å². The van der Waals surface area contributed by atoms with E-state index in [-0.39, 0.29) is 0 Å². The molecule has 0 saturated carbocycles. The van der Waals surface area contributed by atoms with Gasteiger partial charge in [0.25, 0.3) is 0 Å². The minimum Gasteiger partial charge on any atom is -0.377 e. The fourth-order valence-corrected chi connectivity index (χ4v) is 1.51. The third-order valence-electron chi connectivity index (χ3n) is 2.10. The van der Waals surface area contributed by atoms with Crippen molar-refractivity contribution in [2.45, 2.75) is 6.54 Å². The minimum atomic E-state index is 0.530. The Labute approximate surface area is 97.9 Å². The van der Waals surface area contributed by atoms with Crippen molar-refractivity contribution in [3.05, 3.63) is 47.0 Å². The van der Waals surface area contributed by atoms with E-state index in [1.54, 1.807) is 30.6 Å². The van der Waals surface area contributed by atoms with Gasteiger partial charge < -0.3 is 10.3 Å². The highest BCUT2D eigenvalue weighted by Crippen LogP contribution is 2.20. The van der Waals surface area contributed by atoms with E-state index >= 15 is 0 Å². The van der Waals surface area contributed by atoms with Gasteiger partial charge in [0.2, 0.25) is 0 Å².